The molecular formula is C14H17Cl2NO3. The second-order valence-electron chi connectivity index (χ2n) is 4.76. The van der Waals surface area contributed by atoms with E-state index in [1.165, 1.54) is 13.0 Å². The predicted molar refractivity (Wildman–Crippen MR) is 79.4 cm³/mol. The number of nitrogens with one attached hydrogen (secondary N) is 1. The highest BCUT2D eigenvalue weighted by Crippen LogP contribution is 2.27. The number of rotatable bonds is 6. The molecule has 4 nitrogen and oxygen atoms in total. The van der Waals surface area contributed by atoms with Gasteiger partial charge in [0.05, 0.1) is 11.1 Å². The molecule has 0 saturated carbocycles. The Kier molecular flexibility index (Phi) is 6.30. The van der Waals surface area contributed by atoms with Gasteiger partial charge < -0.3 is 10.1 Å². The van der Waals surface area contributed by atoms with Crippen molar-refractivity contribution in [3.63, 3.8) is 0 Å². The zero-order valence-electron chi connectivity index (χ0n) is 11.6. The van der Waals surface area contributed by atoms with Gasteiger partial charge in [-0.05, 0) is 31.0 Å². The van der Waals surface area contributed by atoms with Gasteiger partial charge in [-0.1, -0.05) is 37.0 Å². The molecular weight excluding hydrogens is 301 g/mol. The molecule has 1 rings (SSSR count). The summed E-state index contributed by atoms with van der Waals surface area (Å²) in [6, 6.07) is 4.23. The number of hydrogen-bond acceptors (Lipinski definition) is 3. The summed E-state index contributed by atoms with van der Waals surface area (Å²) in [5, 5.41) is 3.45. The molecule has 0 aliphatic carbocycles. The zero-order valence-corrected chi connectivity index (χ0v) is 13.1. The molecule has 1 aromatic rings. The number of ether oxygens (including phenoxy) is 1. The second-order valence-corrected chi connectivity index (χ2v) is 5.61. The molecule has 0 aliphatic heterocycles. The summed E-state index contributed by atoms with van der Waals surface area (Å²) < 4.78 is 5.30. The van der Waals surface area contributed by atoms with Crippen molar-refractivity contribution >= 4 is 34.9 Å². The number of benzene rings is 1. The van der Waals surface area contributed by atoms with Gasteiger partial charge in [-0.15, -0.1) is 0 Å². The van der Waals surface area contributed by atoms with Crippen LogP contribution < -0.4 is 10.1 Å². The highest BCUT2D eigenvalue weighted by atomic mass is 35.5. The van der Waals surface area contributed by atoms with E-state index in [2.05, 4.69) is 5.32 Å². The fourth-order valence-corrected chi connectivity index (χ4v) is 2.15. The van der Waals surface area contributed by atoms with Crippen LogP contribution in [-0.2, 0) is 9.59 Å². The maximum atomic E-state index is 11.8. The van der Waals surface area contributed by atoms with E-state index in [1.807, 2.05) is 13.8 Å². The molecule has 0 bridgehead atoms. The molecule has 6 heteroatoms. The Bertz CT molecular complexity index is 503. The lowest BCUT2D eigenvalue weighted by atomic mass is 10.0. The van der Waals surface area contributed by atoms with E-state index in [0.717, 1.165) is 0 Å². The van der Waals surface area contributed by atoms with Gasteiger partial charge in [0.25, 0.3) is 5.91 Å². The van der Waals surface area contributed by atoms with Crippen LogP contribution in [0.3, 0.4) is 0 Å². The third-order valence-electron chi connectivity index (χ3n) is 2.67. The lowest BCUT2D eigenvalue weighted by Crippen LogP contribution is -2.45. The molecule has 20 heavy (non-hydrogen) atoms. The Morgan fingerprint density at radius 1 is 1.30 bits per heavy atom. The smallest absolute Gasteiger partial charge is 0.258 e. The van der Waals surface area contributed by atoms with Crippen molar-refractivity contribution in [2.45, 2.75) is 26.8 Å². The van der Waals surface area contributed by atoms with Crippen molar-refractivity contribution in [3.05, 3.63) is 28.2 Å². The fraction of sp³-hybridized carbons (Fsp3) is 0.429. The van der Waals surface area contributed by atoms with Crippen LogP contribution in [0.1, 0.15) is 20.8 Å². The van der Waals surface area contributed by atoms with Crippen molar-refractivity contribution in [1.29, 1.82) is 0 Å². The van der Waals surface area contributed by atoms with Gasteiger partial charge in [0.2, 0.25) is 0 Å². The SMILES string of the molecule is CC(=O)C(NC(=O)COc1ccc(Cl)cc1Cl)C(C)C. The highest BCUT2D eigenvalue weighted by molar-refractivity contribution is 6.35. The molecule has 1 aromatic carbocycles. The summed E-state index contributed by atoms with van der Waals surface area (Å²) in [4.78, 5) is 23.2. The van der Waals surface area contributed by atoms with Crippen molar-refractivity contribution in [3.8, 4) is 5.75 Å². The third kappa shape index (κ3) is 5.02. The molecule has 0 spiro atoms. The van der Waals surface area contributed by atoms with Crippen LogP contribution in [0.25, 0.3) is 0 Å². The molecule has 1 N–H and O–H groups in total. The van der Waals surface area contributed by atoms with Gasteiger partial charge in [0, 0.05) is 5.02 Å². The largest absolute Gasteiger partial charge is 0.482 e. The molecule has 0 radical (unpaired) electrons. The summed E-state index contributed by atoms with van der Waals surface area (Å²) in [5.74, 6) is -0.0616. The Labute approximate surface area is 128 Å². The Hall–Kier alpha value is -1.26. The number of amides is 1. The van der Waals surface area contributed by atoms with Crippen molar-refractivity contribution in [2.24, 2.45) is 5.92 Å². The number of carbonyl (C=O) groups is 2. The molecule has 110 valence electrons. The Morgan fingerprint density at radius 3 is 2.45 bits per heavy atom. The van der Waals surface area contributed by atoms with Crippen LogP contribution in [0.4, 0.5) is 0 Å². The molecule has 1 atom stereocenters. The van der Waals surface area contributed by atoms with Crippen LogP contribution in [0.15, 0.2) is 18.2 Å². The average Bonchev–Trinajstić information content (AvgIpc) is 2.34. The van der Waals surface area contributed by atoms with E-state index in [4.69, 9.17) is 27.9 Å². The van der Waals surface area contributed by atoms with Crippen LogP contribution in [0.2, 0.25) is 10.0 Å². The number of Topliss-reactive ketones (excluding diaryl/α,β-unsaturated/α-hetero) is 1. The van der Waals surface area contributed by atoms with E-state index in [0.29, 0.717) is 15.8 Å². The molecule has 0 fully saturated rings. The topological polar surface area (TPSA) is 55.4 Å². The Morgan fingerprint density at radius 2 is 1.95 bits per heavy atom. The van der Waals surface area contributed by atoms with Gasteiger partial charge in [-0.25, -0.2) is 0 Å². The van der Waals surface area contributed by atoms with Gasteiger partial charge in [0.15, 0.2) is 12.4 Å². The lowest BCUT2D eigenvalue weighted by molar-refractivity contribution is -0.129. The average molecular weight is 318 g/mol. The van der Waals surface area contributed by atoms with Gasteiger partial charge in [0.1, 0.15) is 5.75 Å². The molecule has 1 amide bonds. The number of halogens is 2. The quantitative estimate of drug-likeness (QED) is 0.877. The summed E-state index contributed by atoms with van der Waals surface area (Å²) in [6.45, 7) is 4.96. The fourth-order valence-electron chi connectivity index (χ4n) is 1.69. The van der Waals surface area contributed by atoms with Gasteiger partial charge >= 0.3 is 0 Å². The first-order valence-electron chi connectivity index (χ1n) is 6.19. The Balaban J connectivity index is 2.57. The minimum absolute atomic E-state index is 0.0237. The van der Waals surface area contributed by atoms with Crippen LogP contribution in [0.5, 0.6) is 5.75 Å². The van der Waals surface area contributed by atoms with Crippen molar-refractivity contribution < 1.29 is 14.3 Å². The number of hydrogen-bond donors (Lipinski definition) is 1. The van der Waals surface area contributed by atoms with Crippen molar-refractivity contribution in [1.82, 2.24) is 5.32 Å². The lowest BCUT2D eigenvalue weighted by Gasteiger charge is -2.19. The van der Waals surface area contributed by atoms with E-state index in [9.17, 15) is 9.59 Å². The van der Waals surface area contributed by atoms with Gasteiger partial charge in [-0.3, -0.25) is 9.59 Å². The van der Waals surface area contributed by atoms with Crippen LogP contribution >= 0.6 is 23.2 Å². The molecule has 1 unspecified atom stereocenters. The zero-order chi connectivity index (χ0) is 15.3. The summed E-state index contributed by atoms with van der Waals surface area (Å²) in [7, 11) is 0. The molecule has 0 aliphatic rings. The molecule has 0 heterocycles. The number of carbonyl (C=O) groups excluding carboxylic acids is 2. The minimum atomic E-state index is -0.508. The van der Waals surface area contributed by atoms with Crippen molar-refractivity contribution in [2.75, 3.05) is 6.61 Å². The maximum Gasteiger partial charge on any atom is 0.258 e. The van der Waals surface area contributed by atoms with E-state index in [1.54, 1.807) is 12.1 Å². The van der Waals surface area contributed by atoms with Crippen LogP contribution in [-0.4, -0.2) is 24.3 Å². The van der Waals surface area contributed by atoms with E-state index in [-0.39, 0.29) is 24.2 Å². The maximum absolute atomic E-state index is 11.8. The summed E-state index contributed by atoms with van der Waals surface area (Å²) in [6.07, 6.45) is 0. The minimum Gasteiger partial charge on any atom is -0.482 e. The number of ketones is 1. The first-order chi connectivity index (χ1) is 9.31. The standard InChI is InChI=1S/C14H17Cl2NO3/c1-8(2)14(9(3)18)17-13(19)7-20-12-5-4-10(15)6-11(12)16/h4-6,8,14H,7H2,1-3H3,(H,17,19). The normalized spacial score (nSPS) is 12.1. The van der Waals surface area contributed by atoms with Crippen LogP contribution in [0, 0.1) is 5.92 Å². The first-order valence-corrected chi connectivity index (χ1v) is 6.94. The monoisotopic (exact) mass is 317 g/mol. The predicted octanol–water partition coefficient (Wildman–Crippen LogP) is 3.10. The van der Waals surface area contributed by atoms with E-state index >= 15 is 0 Å². The third-order valence-corrected chi connectivity index (χ3v) is 3.20. The first kappa shape index (κ1) is 16.8. The second kappa shape index (κ2) is 7.50. The summed E-state index contributed by atoms with van der Waals surface area (Å²) >= 11 is 11.7. The highest BCUT2D eigenvalue weighted by Gasteiger charge is 2.20. The van der Waals surface area contributed by atoms with E-state index < -0.39 is 6.04 Å². The molecule has 0 aromatic heterocycles. The van der Waals surface area contributed by atoms with Gasteiger partial charge in [-0.2, -0.15) is 0 Å². The molecule has 0 saturated heterocycles. The summed E-state index contributed by atoms with van der Waals surface area (Å²) in [5.41, 5.74) is 0.